The molecule has 0 atom stereocenters. The average molecular weight is 242 g/mol. The summed E-state index contributed by atoms with van der Waals surface area (Å²) in [5.74, 6) is -0.875. The molecule has 1 amide bonds. The fourth-order valence-electron chi connectivity index (χ4n) is 0.476. The molecular weight excluding hydrogens is 224 g/mol. The van der Waals surface area contributed by atoms with E-state index in [-0.39, 0.29) is 6.61 Å². The van der Waals surface area contributed by atoms with Crippen molar-refractivity contribution in [1.82, 2.24) is 4.72 Å². The molecule has 0 bridgehead atoms. The lowest BCUT2D eigenvalue weighted by atomic mass is 10.5. The van der Waals surface area contributed by atoms with Crippen molar-refractivity contribution in [3.05, 3.63) is 0 Å². The molecule has 0 aromatic rings. The smallest absolute Gasteiger partial charge is 0.229 e. The maximum absolute atomic E-state index is 9.77. The molecule has 2 N–H and O–H groups in total. The topological polar surface area (TPSA) is 107 Å². The highest BCUT2D eigenvalue weighted by Crippen LogP contribution is 1.84. The minimum atomic E-state index is -4.57. The van der Waals surface area contributed by atoms with Gasteiger partial charge in [-0.1, -0.05) is 0 Å². The predicted molar refractivity (Wildman–Crippen MR) is 53.5 cm³/mol. The molecule has 0 spiro atoms. The lowest BCUT2D eigenvalue weighted by Crippen LogP contribution is -2.36. The Labute approximate surface area is 90.2 Å². The first-order valence-corrected chi connectivity index (χ1v) is 5.54. The van der Waals surface area contributed by atoms with E-state index in [1.54, 1.807) is 0 Å². The van der Waals surface area contributed by atoms with Gasteiger partial charge in [0.1, 0.15) is 6.54 Å². The van der Waals surface area contributed by atoms with E-state index in [9.17, 15) is 17.8 Å². The van der Waals surface area contributed by atoms with Crippen LogP contribution in [0.1, 0.15) is 6.92 Å². The summed E-state index contributed by atoms with van der Waals surface area (Å²) in [5, 5.41) is 8.39. The van der Waals surface area contributed by atoms with Crippen molar-refractivity contribution in [2.45, 2.75) is 6.92 Å². The second-order valence-electron chi connectivity index (χ2n) is 3.85. The maximum Gasteiger partial charge on any atom is 0.229 e. The standard InChI is InChI=1S/C5H14NO.C2H5NO4S/c1-6(2,3)4-5-7;1-2(4)3-8(5,6)7/h7H,4-5H2,1-3H3;1H3,(H,3,4)(H,5,6,7)/q+1;/p-1. The molecule has 0 saturated heterocycles. The number of aliphatic hydroxyl groups excluding tert-OH is 1. The van der Waals surface area contributed by atoms with Crippen LogP contribution in [0.4, 0.5) is 0 Å². The van der Waals surface area contributed by atoms with Gasteiger partial charge in [0.2, 0.25) is 5.91 Å². The lowest BCUT2D eigenvalue weighted by molar-refractivity contribution is -0.870. The number of hydrogen-bond donors (Lipinski definition) is 2. The molecule has 0 aromatic carbocycles. The molecular formula is C7H18N2O5S. The molecule has 0 heterocycles. The monoisotopic (exact) mass is 242 g/mol. The van der Waals surface area contributed by atoms with Crippen LogP contribution < -0.4 is 4.72 Å². The zero-order chi connectivity index (χ0) is 12.7. The lowest BCUT2D eigenvalue weighted by Gasteiger charge is -2.21. The van der Waals surface area contributed by atoms with Gasteiger partial charge in [-0.2, -0.15) is 0 Å². The van der Waals surface area contributed by atoms with Crippen molar-refractivity contribution in [3.63, 3.8) is 0 Å². The van der Waals surface area contributed by atoms with Crippen LogP contribution in [0, 0.1) is 0 Å². The van der Waals surface area contributed by atoms with Crippen molar-refractivity contribution < 1.29 is 27.4 Å². The number of quaternary nitrogens is 1. The van der Waals surface area contributed by atoms with Crippen LogP contribution in [0.5, 0.6) is 0 Å². The Morgan fingerprint density at radius 2 is 1.80 bits per heavy atom. The number of aliphatic hydroxyl groups is 1. The quantitative estimate of drug-likeness (QED) is 0.451. The number of amides is 1. The highest BCUT2D eigenvalue weighted by molar-refractivity contribution is 7.84. The van der Waals surface area contributed by atoms with Crippen molar-refractivity contribution in [2.75, 3.05) is 34.3 Å². The van der Waals surface area contributed by atoms with E-state index in [0.717, 1.165) is 22.7 Å². The molecule has 15 heavy (non-hydrogen) atoms. The normalized spacial score (nSPS) is 11.3. The van der Waals surface area contributed by atoms with Crippen LogP contribution in [-0.4, -0.2) is 62.8 Å². The third kappa shape index (κ3) is 24.7. The molecule has 7 nitrogen and oxygen atoms in total. The summed E-state index contributed by atoms with van der Waals surface area (Å²) in [6.07, 6.45) is 0. The number of nitrogens with one attached hydrogen (secondary N) is 1. The van der Waals surface area contributed by atoms with Crippen LogP contribution >= 0.6 is 0 Å². The van der Waals surface area contributed by atoms with Crippen molar-refractivity contribution in [2.24, 2.45) is 0 Å². The van der Waals surface area contributed by atoms with Gasteiger partial charge in [-0.3, -0.25) is 9.52 Å². The Kier molecular flexibility index (Phi) is 7.49. The molecule has 0 rings (SSSR count). The maximum atomic E-state index is 9.77. The third-order valence-electron chi connectivity index (χ3n) is 1.04. The molecule has 0 aromatic heterocycles. The molecule has 0 aliphatic carbocycles. The largest absolute Gasteiger partial charge is 0.731 e. The van der Waals surface area contributed by atoms with Crippen LogP contribution in [0.2, 0.25) is 0 Å². The Morgan fingerprint density at radius 1 is 1.40 bits per heavy atom. The first kappa shape index (κ1) is 16.7. The molecule has 0 aliphatic heterocycles. The van der Waals surface area contributed by atoms with E-state index in [1.807, 2.05) is 0 Å². The van der Waals surface area contributed by atoms with Gasteiger partial charge in [0.15, 0.2) is 10.3 Å². The Bertz CT molecular complexity index is 280. The predicted octanol–water partition coefficient (Wildman–Crippen LogP) is -1.73. The summed E-state index contributed by atoms with van der Waals surface area (Å²) in [5.41, 5.74) is 0. The number of hydrogen-bond acceptors (Lipinski definition) is 5. The molecule has 0 fully saturated rings. The molecule has 0 saturated carbocycles. The number of nitrogens with zero attached hydrogens (tertiary/aromatic N) is 1. The van der Waals surface area contributed by atoms with Gasteiger partial charge in [-0.05, 0) is 0 Å². The zero-order valence-corrected chi connectivity index (χ0v) is 10.2. The Balaban J connectivity index is 0. The van der Waals surface area contributed by atoms with Gasteiger partial charge in [0.05, 0.1) is 27.7 Å². The summed E-state index contributed by atoms with van der Waals surface area (Å²) < 4.78 is 30.7. The molecule has 0 aliphatic rings. The van der Waals surface area contributed by atoms with E-state index in [0.29, 0.717) is 0 Å². The van der Waals surface area contributed by atoms with Crippen LogP contribution in [0.15, 0.2) is 0 Å². The summed E-state index contributed by atoms with van der Waals surface area (Å²) in [6.45, 7) is 2.05. The van der Waals surface area contributed by atoms with Gasteiger partial charge < -0.3 is 14.1 Å². The number of carbonyl (C=O) groups excluding carboxylic acids is 1. The second-order valence-corrected chi connectivity index (χ2v) is 4.96. The van der Waals surface area contributed by atoms with E-state index >= 15 is 0 Å². The van der Waals surface area contributed by atoms with Gasteiger partial charge in [-0.15, -0.1) is 0 Å². The highest BCUT2D eigenvalue weighted by atomic mass is 32.2. The van der Waals surface area contributed by atoms with Crippen molar-refractivity contribution in [1.29, 1.82) is 0 Å². The second kappa shape index (κ2) is 6.72. The minimum absolute atomic E-state index is 0.281. The van der Waals surface area contributed by atoms with Crippen molar-refractivity contribution in [3.8, 4) is 0 Å². The molecule has 0 radical (unpaired) electrons. The van der Waals surface area contributed by atoms with Crippen LogP contribution in [-0.2, 0) is 15.1 Å². The molecule has 8 heteroatoms. The van der Waals surface area contributed by atoms with Crippen LogP contribution in [0.3, 0.4) is 0 Å². The van der Waals surface area contributed by atoms with E-state index < -0.39 is 16.2 Å². The van der Waals surface area contributed by atoms with Gasteiger partial charge in [0, 0.05) is 6.92 Å². The molecule has 0 unspecified atom stereocenters. The fraction of sp³-hybridized carbons (Fsp3) is 0.857. The summed E-state index contributed by atoms with van der Waals surface area (Å²) >= 11 is 0. The summed E-state index contributed by atoms with van der Waals surface area (Å²) in [6, 6.07) is 0. The van der Waals surface area contributed by atoms with Crippen LogP contribution in [0.25, 0.3) is 0 Å². The first-order chi connectivity index (χ1) is 6.48. The number of likely N-dealkylation sites (N-methyl/N-ethyl adjacent to an activating group) is 1. The highest BCUT2D eigenvalue weighted by Gasteiger charge is 2.02. The zero-order valence-electron chi connectivity index (χ0n) is 9.35. The van der Waals surface area contributed by atoms with Gasteiger partial charge in [0.25, 0.3) is 0 Å². The SMILES string of the molecule is CC(=O)NS(=O)(=O)[O-].C[N+](C)(C)CCO. The van der Waals surface area contributed by atoms with Crippen molar-refractivity contribution >= 4 is 16.2 Å². The number of carbonyl (C=O) groups is 1. The summed E-state index contributed by atoms with van der Waals surface area (Å²) in [4.78, 5) is 9.77. The number of rotatable bonds is 3. The minimum Gasteiger partial charge on any atom is -0.731 e. The van der Waals surface area contributed by atoms with E-state index in [4.69, 9.17) is 5.11 Å². The average Bonchev–Trinajstić information content (AvgIpc) is 1.77. The van der Waals surface area contributed by atoms with Gasteiger partial charge in [-0.25, -0.2) is 8.42 Å². The Hall–Kier alpha value is -0.700. The van der Waals surface area contributed by atoms with E-state index in [2.05, 4.69) is 21.1 Å². The Morgan fingerprint density at radius 3 is 1.80 bits per heavy atom. The fourth-order valence-corrected chi connectivity index (χ4v) is 0.828. The first-order valence-electron chi connectivity index (χ1n) is 4.13. The van der Waals surface area contributed by atoms with E-state index in [1.165, 1.54) is 0 Å². The molecule has 92 valence electrons. The van der Waals surface area contributed by atoms with Gasteiger partial charge >= 0.3 is 0 Å². The third-order valence-corrected chi connectivity index (χ3v) is 1.58. The summed E-state index contributed by atoms with van der Waals surface area (Å²) in [7, 11) is 1.58.